The molecule has 2 aromatic rings. The molecule has 2 heterocycles. The van der Waals surface area contributed by atoms with Gasteiger partial charge in [-0.05, 0) is 25.0 Å². The number of hydrogen-bond acceptors (Lipinski definition) is 1. The lowest BCUT2D eigenvalue weighted by molar-refractivity contribution is 0.140. The molecule has 3 rings (SSSR count). The molecule has 2 nitrogen and oxygen atoms in total. The summed E-state index contributed by atoms with van der Waals surface area (Å²) in [6.45, 7) is 0.958. The van der Waals surface area contributed by atoms with E-state index in [0.29, 0.717) is 0 Å². The summed E-state index contributed by atoms with van der Waals surface area (Å²) in [5.41, 5.74) is 2.07. The molecule has 1 unspecified atom stereocenters. The minimum atomic E-state index is -0.331. The van der Waals surface area contributed by atoms with E-state index in [1.54, 1.807) is 0 Å². The number of halogens is 1. The Balaban J connectivity index is 2.36. The second-order valence-electron chi connectivity index (χ2n) is 4.06. The quantitative estimate of drug-likeness (QED) is 0.727. The maximum atomic E-state index is 9.89. The van der Waals surface area contributed by atoms with Crippen LogP contribution < -0.4 is 0 Å². The topological polar surface area (TPSA) is 25.2 Å². The first-order chi connectivity index (χ1) is 7.27. The van der Waals surface area contributed by atoms with E-state index in [1.807, 2.05) is 24.3 Å². The molecular formula is C12H12ClNO. The van der Waals surface area contributed by atoms with Crippen molar-refractivity contribution in [2.45, 2.75) is 25.5 Å². The zero-order chi connectivity index (χ0) is 10.4. The molecule has 0 bridgehead atoms. The number of aliphatic hydroxyl groups is 1. The van der Waals surface area contributed by atoms with Crippen LogP contribution in [0.25, 0.3) is 10.9 Å². The molecule has 1 aliphatic heterocycles. The first-order valence-corrected chi connectivity index (χ1v) is 5.61. The predicted molar refractivity (Wildman–Crippen MR) is 61.1 cm³/mol. The lowest BCUT2D eigenvalue weighted by Crippen LogP contribution is -2.14. The number of benzene rings is 1. The van der Waals surface area contributed by atoms with Crippen molar-refractivity contribution in [2.24, 2.45) is 0 Å². The van der Waals surface area contributed by atoms with Crippen molar-refractivity contribution in [1.29, 1.82) is 0 Å². The van der Waals surface area contributed by atoms with Crippen LogP contribution in [0.5, 0.6) is 0 Å². The maximum Gasteiger partial charge on any atom is 0.0940 e. The van der Waals surface area contributed by atoms with Crippen molar-refractivity contribution >= 4 is 22.5 Å². The number of para-hydroxylation sites is 1. The molecule has 1 aromatic heterocycles. The lowest BCUT2D eigenvalue weighted by atomic mass is 10.1. The number of aryl methyl sites for hydroxylation is 1. The van der Waals surface area contributed by atoms with Gasteiger partial charge in [-0.1, -0.05) is 23.7 Å². The summed E-state index contributed by atoms with van der Waals surface area (Å²) in [6, 6.07) is 7.94. The van der Waals surface area contributed by atoms with Gasteiger partial charge in [-0.25, -0.2) is 0 Å². The third-order valence-corrected chi connectivity index (χ3v) is 3.41. The van der Waals surface area contributed by atoms with Crippen LogP contribution in [0.1, 0.15) is 24.6 Å². The molecule has 0 fully saturated rings. The third kappa shape index (κ3) is 1.29. The van der Waals surface area contributed by atoms with E-state index in [0.717, 1.165) is 41.0 Å². The van der Waals surface area contributed by atoms with Gasteiger partial charge in [0.25, 0.3) is 0 Å². The summed E-state index contributed by atoms with van der Waals surface area (Å²) in [5, 5.41) is 11.8. The zero-order valence-corrected chi connectivity index (χ0v) is 9.04. The first kappa shape index (κ1) is 9.25. The van der Waals surface area contributed by atoms with Crippen LogP contribution in [0.4, 0.5) is 0 Å². The molecule has 0 radical (unpaired) electrons. The smallest absolute Gasteiger partial charge is 0.0940 e. The highest BCUT2D eigenvalue weighted by Crippen LogP contribution is 2.34. The van der Waals surface area contributed by atoms with Crippen LogP contribution in [0.2, 0.25) is 5.02 Å². The van der Waals surface area contributed by atoms with E-state index >= 15 is 0 Å². The molecule has 15 heavy (non-hydrogen) atoms. The Morgan fingerprint density at radius 2 is 2.27 bits per heavy atom. The molecule has 1 aliphatic rings. The fourth-order valence-electron chi connectivity index (χ4n) is 2.41. The van der Waals surface area contributed by atoms with Gasteiger partial charge in [-0.2, -0.15) is 0 Å². The fraction of sp³-hybridized carbons (Fsp3) is 0.333. The Morgan fingerprint density at radius 3 is 3.13 bits per heavy atom. The molecule has 0 aliphatic carbocycles. The lowest BCUT2D eigenvalue weighted by Gasteiger charge is -2.21. The maximum absolute atomic E-state index is 9.89. The van der Waals surface area contributed by atoms with E-state index in [9.17, 15) is 5.11 Å². The minimum absolute atomic E-state index is 0.331. The molecule has 0 spiro atoms. The van der Waals surface area contributed by atoms with Crippen molar-refractivity contribution in [3.8, 4) is 0 Å². The fourth-order valence-corrected chi connectivity index (χ4v) is 2.69. The first-order valence-electron chi connectivity index (χ1n) is 5.23. The van der Waals surface area contributed by atoms with Crippen molar-refractivity contribution in [2.75, 3.05) is 0 Å². The van der Waals surface area contributed by atoms with E-state index < -0.39 is 0 Å². The molecular weight excluding hydrogens is 210 g/mol. The summed E-state index contributed by atoms with van der Waals surface area (Å²) in [4.78, 5) is 0. The molecule has 78 valence electrons. The Labute approximate surface area is 93.1 Å². The van der Waals surface area contributed by atoms with Crippen LogP contribution in [-0.4, -0.2) is 9.67 Å². The van der Waals surface area contributed by atoms with Gasteiger partial charge >= 0.3 is 0 Å². The van der Waals surface area contributed by atoms with Gasteiger partial charge in [0.1, 0.15) is 0 Å². The van der Waals surface area contributed by atoms with Crippen molar-refractivity contribution in [3.63, 3.8) is 0 Å². The van der Waals surface area contributed by atoms with Crippen LogP contribution in [-0.2, 0) is 6.54 Å². The zero-order valence-electron chi connectivity index (χ0n) is 8.28. The van der Waals surface area contributed by atoms with Crippen molar-refractivity contribution in [1.82, 2.24) is 4.57 Å². The molecule has 0 amide bonds. The Kier molecular flexibility index (Phi) is 2.01. The highest BCUT2D eigenvalue weighted by molar-refractivity contribution is 6.35. The highest BCUT2D eigenvalue weighted by atomic mass is 35.5. The number of aromatic nitrogens is 1. The summed E-state index contributed by atoms with van der Waals surface area (Å²) in [7, 11) is 0. The van der Waals surface area contributed by atoms with E-state index in [-0.39, 0.29) is 6.10 Å². The third-order valence-electron chi connectivity index (χ3n) is 3.10. The van der Waals surface area contributed by atoms with Crippen LogP contribution in [0.15, 0.2) is 24.3 Å². The standard InChI is InChI=1S/C12H12ClNO/c13-9-4-1-3-8-7-10-11(15)5-2-6-14(10)12(8)9/h1,3-4,7,11,15H,2,5-6H2. The number of rotatable bonds is 0. The summed E-state index contributed by atoms with van der Waals surface area (Å²) < 4.78 is 2.14. The van der Waals surface area contributed by atoms with Gasteiger partial charge in [0.15, 0.2) is 0 Å². The summed E-state index contributed by atoms with van der Waals surface area (Å²) in [6.07, 6.45) is 1.54. The molecule has 0 saturated heterocycles. The normalized spacial score (nSPS) is 20.5. The van der Waals surface area contributed by atoms with Gasteiger partial charge in [-0.3, -0.25) is 0 Å². The number of aliphatic hydroxyl groups excluding tert-OH is 1. The molecule has 0 saturated carbocycles. The monoisotopic (exact) mass is 221 g/mol. The molecule has 1 atom stereocenters. The van der Waals surface area contributed by atoms with E-state index in [4.69, 9.17) is 11.6 Å². The second-order valence-corrected chi connectivity index (χ2v) is 4.46. The van der Waals surface area contributed by atoms with Crippen molar-refractivity contribution < 1.29 is 5.11 Å². The molecule has 3 heteroatoms. The van der Waals surface area contributed by atoms with Crippen LogP contribution >= 0.6 is 11.6 Å². The highest BCUT2D eigenvalue weighted by Gasteiger charge is 2.21. The van der Waals surface area contributed by atoms with Gasteiger partial charge in [-0.15, -0.1) is 0 Å². The van der Waals surface area contributed by atoms with Crippen molar-refractivity contribution in [3.05, 3.63) is 35.0 Å². The number of fused-ring (bicyclic) bond motifs is 3. The molecule has 1 aromatic carbocycles. The Hall–Kier alpha value is -0.990. The van der Waals surface area contributed by atoms with Gasteiger partial charge in [0.2, 0.25) is 0 Å². The minimum Gasteiger partial charge on any atom is -0.387 e. The Bertz CT molecular complexity index is 518. The average molecular weight is 222 g/mol. The van der Waals surface area contributed by atoms with E-state index in [1.165, 1.54) is 0 Å². The van der Waals surface area contributed by atoms with Gasteiger partial charge in [0, 0.05) is 17.6 Å². The van der Waals surface area contributed by atoms with E-state index in [2.05, 4.69) is 4.57 Å². The van der Waals surface area contributed by atoms with Gasteiger partial charge in [0.05, 0.1) is 16.6 Å². The SMILES string of the molecule is OC1CCCn2c1cc1cccc(Cl)c12. The summed E-state index contributed by atoms with van der Waals surface area (Å²) in [5.74, 6) is 0. The predicted octanol–water partition coefficient (Wildman–Crippen LogP) is 3.12. The Morgan fingerprint density at radius 1 is 1.40 bits per heavy atom. The van der Waals surface area contributed by atoms with Crippen LogP contribution in [0, 0.1) is 0 Å². The largest absolute Gasteiger partial charge is 0.387 e. The second kappa shape index (κ2) is 3.26. The summed E-state index contributed by atoms with van der Waals surface area (Å²) >= 11 is 6.18. The van der Waals surface area contributed by atoms with Gasteiger partial charge < -0.3 is 9.67 Å². The molecule has 1 N–H and O–H groups in total. The number of hydrogen-bond donors (Lipinski definition) is 1. The van der Waals surface area contributed by atoms with Crippen LogP contribution in [0.3, 0.4) is 0 Å². The number of nitrogens with zero attached hydrogens (tertiary/aromatic N) is 1. The average Bonchev–Trinajstić information content (AvgIpc) is 2.59.